The monoisotopic (exact) mass is 395 g/mol. The highest BCUT2D eigenvalue weighted by Crippen LogP contribution is 2.26. The van der Waals surface area contributed by atoms with E-state index in [9.17, 15) is 4.79 Å². The third-order valence-corrected chi connectivity index (χ3v) is 4.01. The van der Waals surface area contributed by atoms with E-state index in [0.29, 0.717) is 17.8 Å². The molecule has 0 bridgehead atoms. The molecule has 0 aliphatic carbocycles. The minimum absolute atomic E-state index is 0. The number of pyridine rings is 1. The van der Waals surface area contributed by atoms with Crippen LogP contribution in [0.25, 0.3) is 22.3 Å². The van der Waals surface area contributed by atoms with Gasteiger partial charge >= 0.3 is 0 Å². The average Bonchev–Trinajstić information content (AvgIpc) is 2.89. The largest absolute Gasteiger partial charge is 0.348 e. The van der Waals surface area contributed by atoms with Gasteiger partial charge in [0.05, 0.1) is 22.3 Å². The van der Waals surface area contributed by atoms with Crippen LogP contribution in [-0.2, 0) is 7.05 Å². The van der Waals surface area contributed by atoms with Crippen LogP contribution in [0.2, 0.25) is 0 Å². The Bertz CT molecular complexity index is 895. The third-order valence-electron chi connectivity index (χ3n) is 4.01. The van der Waals surface area contributed by atoms with E-state index >= 15 is 0 Å². The van der Waals surface area contributed by atoms with Gasteiger partial charge in [-0.1, -0.05) is 30.3 Å². The van der Waals surface area contributed by atoms with Gasteiger partial charge in [0, 0.05) is 25.2 Å². The Morgan fingerprint density at radius 3 is 2.54 bits per heavy atom. The number of benzene rings is 1. The minimum Gasteiger partial charge on any atom is -0.348 e. The lowest BCUT2D eigenvalue weighted by atomic mass is 10.0. The van der Waals surface area contributed by atoms with Crippen LogP contribution in [-0.4, -0.2) is 33.3 Å². The molecule has 3 aromatic rings. The molecule has 0 aliphatic rings. The highest BCUT2D eigenvalue weighted by molar-refractivity contribution is 6.07. The summed E-state index contributed by atoms with van der Waals surface area (Å²) < 4.78 is 1.71. The molecule has 0 radical (unpaired) electrons. The van der Waals surface area contributed by atoms with Crippen LogP contribution in [0.5, 0.6) is 0 Å². The number of fused-ring (bicyclic) bond motifs is 1. The van der Waals surface area contributed by atoms with E-state index in [1.807, 2.05) is 57.3 Å². The van der Waals surface area contributed by atoms with Crippen LogP contribution < -0.4 is 11.1 Å². The molecule has 6 nitrogen and oxygen atoms in total. The van der Waals surface area contributed by atoms with Gasteiger partial charge in [0.25, 0.3) is 5.91 Å². The standard InChI is InChI=1S/C18H21N5O.2ClH/c1-11(10-19)20-18(24)14-9-15(13-7-5-4-6-8-13)21-17-16(14)12(2)22-23(17)3;;/h4-9,11H,10,19H2,1-3H3,(H,20,24);2*1H/t11-;;/m0../s1. The van der Waals surface area contributed by atoms with E-state index in [2.05, 4.69) is 10.4 Å². The zero-order valence-corrected chi connectivity index (χ0v) is 16.5. The average molecular weight is 396 g/mol. The second-order valence-corrected chi connectivity index (χ2v) is 5.94. The number of nitrogens with two attached hydrogens (primary N) is 1. The van der Waals surface area contributed by atoms with E-state index in [0.717, 1.165) is 22.3 Å². The van der Waals surface area contributed by atoms with E-state index in [4.69, 9.17) is 10.7 Å². The first-order valence-corrected chi connectivity index (χ1v) is 7.92. The molecule has 0 aliphatic heterocycles. The van der Waals surface area contributed by atoms with Crippen LogP contribution in [0.15, 0.2) is 36.4 Å². The second-order valence-electron chi connectivity index (χ2n) is 5.94. The van der Waals surface area contributed by atoms with Gasteiger partial charge in [0.1, 0.15) is 0 Å². The summed E-state index contributed by atoms with van der Waals surface area (Å²) in [6, 6.07) is 11.5. The topological polar surface area (TPSA) is 85.8 Å². The van der Waals surface area contributed by atoms with Crippen molar-refractivity contribution in [2.24, 2.45) is 12.8 Å². The van der Waals surface area contributed by atoms with Crippen molar-refractivity contribution in [3.63, 3.8) is 0 Å². The summed E-state index contributed by atoms with van der Waals surface area (Å²) in [5, 5.41) is 8.12. The lowest BCUT2D eigenvalue weighted by molar-refractivity contribution is 0.0943. The Morgan fingerprint density at radius 1 is 1.27 bits per heavy atom. The number of rotatable bonds is 4. The summed E-state index contributed by atoms with van der Waals surface area (Å²) in [7, 11) is 1.83. The number of aromatic nitrogens is 3. The van der Waals surface area contributed by atoms with Gasteiger partial charge in [0.2, 0.25) is 0 Å². The van der Waals surface area contributed by atoms with Crippen LogP contribution in [0.3, 0.4) is 0 Å². The molecule has 0 saturated carbocycles. The van der Waals surface area contributed by atoms with E-state index in [1.54, 1.807) is 4.68 Å². The molecule has 2 heterocycles. The molecule has 1 atom stereocenters. The summed E-state index contributed by atoms with van der Waals surface area (Å²) >= 11 is 0. The molecule has 0 saturated heterocycles. The normalized spacial score (nSPS) is 11.4. The number of nitrogens with one attached hydrogen (secondary N) is 1. The summed E-state index contributed by atoms with van der Waals surface area (Å²) in [5.41, 5.74) is 9.38. The number of hydrogen-bond donors (Lipinski definition) is 2. The van der Waals surface area contributed by atoms with Crippen molar-refractivity contribution in [3.8, 4) is 11.3 Å². The lowest BCUT2D eigenvalue weighted by Crippen LogP contribution is -2.37. The summed E-state index contributed by atoms with van der Waals surface area (Å²) in [5.74, 6) is -0.159. The van der Waals surface area contributed by atoms with Gasteiger partial charge in [-0.25, -0.2) is 4.98 Å². The molecule has 8 heteroatoms. The highest BCUT2D eigenvalue weighted by Gasteiger charge is 2.20. The molecule has 140 valence electrons. The Hall–Kier alpha value is -2.15. The van der Waals surface area contributed by atoms with Crippen molar-refractivity contribution in [1.29, 1.82) is 0 Å². The predicted molar refractivity (Wildman–Crippen MR) is 109 cm³/mol. The van der Waals surface area contributed by atoms with Gasteiger partial charge in [-0.15, -0.1) is 24.8 Å². The fourth-order valence-corrected chi connectivity index (χ4v) is 2.74. The Balaban J connectivity index is 0.00000169. The lowest BCUT2D eigenvalue weighted by Gasteiger charge is -2.13. The van der Waals surface area contributed by atoms with E-state index in [-0.39, 0.29) is 36.8 Å². The van der Waals surface area contributed by atoms with E-state index in [1.165, 1.54) is 0 Å². The first kappa shape index (κ1) is 21.9. The van der Waals surface area contributed by atoms with Crippen LogP contribution in [0.4, 0.5) is 0 Å². The highest BCUT2D eigenvalue weighted by atomic mass is 35.5. The summed E-state index contributed by atoms with van der Waals surface area (Å²) in [6.45, 7) is 4.15. The molecule has 0 spiro atoms. The van der Waals surface area contributed by atoms with Crippen LogP contribution in [0, 0.1) is 6.92 Å². The maximum atomic E-state index is 12.7. The molecular weight excluding hydrogens is 373 g/mol. The zero-order chi connectivity index (χ0) is 17.3. The number of hydrogen-bond acceptors (Lipinski definition) is 4. The number of carbonyl (C=O) groups is 1. The maximum Gasteiger partial charge on any atom is 0.252 e. The quantitative estimate of drug-likeness (QED) is 0.710. The van der Waals surface area contributed by atoms with Gasteiger partial charge in [-0.2, -0.15) is 5.10 Å². The fourth-order valence-electron chi connectivity index (χ4n) is 2.74. The van der Waals surface area contributed by atoms with Crippen molar-refractivity contribution in [3.05, 3.63) is 47.7 Å². The third kappa shape index (κ3) is 4.15. The van der Waals surface area contributed by atoms with Crippen molar-refractivity contribution >= 4 is 41.8 Å². The van der Waals surface area contributed by atoms with Crippen molar-refractivity contribution in [1.82, 2.24) is 20.1 Å². The van der Waals surface area contributed by atoms with Gasteiger partial charge in [-0.05, 0) is 19.9 Å². The molecule has 0 fully saturated rings. The first-order chi connectivity index (χ1) is 11.5. The Kier molecular flexibility index (Phi) is 7.56. The van der Waals surface area contributed by atoms with Crippen LogP contribution >= 0.6 is 24.8 Å². The second kappa shape index (κ2) is 8.98. The Morgan fingerprint density at radius 2 is 1.92 bits per heavy atom. The summed E-state index contributed by atoms with van der Waals surface area (Å²) in [6.07, 6.45) is 0. The summed E-state index contributed by atoms with van der Waals surface area (Å²) in [4.78, 5) is 17.4. The van der Waals surface area contributed by atoms with Crippen molar-refractivity contribution in [2.45, 2.75) is 19.9 Å². The van der Waals surface area contributed by atoms with Crippen molar-refractivity contribution in [2.75, 3.05) is 6.54 Å². The van der Waals surface area contributed by atoms with Gasteiger partial charge < -0.3 is 11.1 Å². The number of halogens is 2. The number of amides is 1. The molecule has 3 N–H and O–H groups in total. The number of nitrogens with zero attached hydrogens (tertiary/aromatic N) is 3. The predicted octanol–water partition coefficient (Wildman–Crippen LogP) is 2.86. The first-order valence-electron chi connectivity index (χ1n) is 7.92. The molecule has 26 heavy (non-hydrogen) atoms. The van der Waals surface area contributed by atoms with Crippen molar-refractivity contribution < 1.29 is 4.79 Å². The molecular formula is C18H23Cl2N5O. The number of aryl methyl sites for hydroxylation is 2. The molecule has 1 amide bonds. The SMILES string of the molecule is Cc1nn(C)c2nc(-c3ccccc3)cc(C(=O)N[C@@H](C)CN)c12.Cl.Cl. The minimum atomic E-state index is -0.159. The fraction of sp³-hybridized carbons (Fsp3) is 0.278. The maximum absolute atomic E-state index is 12.7. The molecule has 3 rings (SSSR count). The molecule has 0 unspecified atom stereocenters. The molecule has 2 aromatic heterocycles. The Labute approximate surface area is 165 Å². The smallest absolute Gasteiger partial charge is 0.252 e. The number of carbonyl (C=O) groups excluding carboxylic acids is 1. The van der Waals surface area contributed by atoms with Gasteiger partial charge in [-0.3, -0.25) is 9.48 Å². The molecule has 1 aromatic carbocycles. The van der Waals surface area contributed by atoms with Crippen LogP contribution in [0.1, 0.15) is 23.0 Å². The van der Waals surface area contributed by atoms with Gasteiger partial charge in [0.15, 0.2) is 5.65 Å². The zero-order valence-electron chi connectivity index (χ0n) is 14.9. The van der Waals surface area contributed by atoms with E-state index < -0.39 is 0 Å².